The summed E-state index contributed by atoms with van der Waals surface area (Å²) < 4.78 is 12.8. The van der Waals surface area contributed by atoms with Gasteiger partial charge in [-0.1, -0.05) is 11.8 Å². The summed E-state index contributed by atoms with van der Waals surface area (Å²) in [5.41, 5.74) is 0.998. The van der Waals surface area contributed by atoms with E-state index in [0.717, 1.165) is 15.5 Å². The van der Waals surface area contributed by atoms with Gasteiger partial charge in [-0.2, -0.15) is 0 Å². The molecular formula is C12H12FN3S. The van der Waals surface area contributed by atoms with Crippen molar-refractivity contribution in [2.75, 3.05) is 12.4 Å². The Hall–Kier alpha value is -1.62. The Kier molecular flexibility index (Phi) is 3.58. The Bertz CT molecular complexity index is 514. The lowest BCUT2D eigenvalue weighted by molar-refractivity contribution is 0.626. The maximum Gasteiger partial charge on any atom is 0.223 e. The third-order valence-electron chi connectivity index (χ3n) is 2.18. The highest BCUT2D eigenvalue weighted by Gasteiger charge is 2.05. The van der Waals surface area contributed by atoms with E-state index in [1.54, 1.807) is 25.4 Å². The molecule has 1 aromatic carbocycles. The Morgan fingerprint density at radius 1 is 1.24 bits per heavy atom. The van der Waals surface area contributed by atoms with Gasteiger partial charge in [-0.05, 0) is 31.2 Å². The molecule has 0 aliphatic heterocycles. The summed E-state index contributed by atoms with van der Waals surface area (Å²) in [5, 5.41) is 3.77. The van der Waals surface area contributed by atoms with Gasteiger partial charge in [0.1, 0.15) is 10.8 Å². The van der Waals surface area contributed by atoms with Crippen LogP contribution < -0.4 is 5.32 Å². The molecule has 0 saturated carbocycles. The number of nitrogens with one attached hydrogen (secondary N) is 1. The maximum absolute atomic E-state index is 12.8. The second kappa shape index (κ2) is 5.14. The molecule has 1 aromatic heterocycles. The molecule has 0 spiro atoms. The van der Waals surface area contributed by atoms with Gasteiger partial charge in [-0.15, -0.1) is 0 Å². The molecule has 0 amide bonds. The molecule has 1 heterocycles. The summed E-state index contributed by atoms with van der Waals surface area (Å²) in [7, 11) is 1.77. The van der Waals surface area contributed by atoms with Crippen molar-refractivity contribution in [1.29, 1.82) is 0 Å². The van der Waals surface area contributed by atoms with Crippen LogP contribution in [0.3, 0.4) is 0 Å². The van der Waals surface area contributed by atoms with Crippen LogP contribution in [0, 0.1) is 12.7 Å². The van der Waals surface area contributed by atoms with E-state index in [9.17, 15) is 4.39 Å². The molecule has 0 aliphatic carbocycles. The van der Waals surface area contributed by atoms with E-state index in [4.69, 9.17) is 0 Å². The van der Waals surface area contributed by atoms with E-state index in [-0.39, 0.29) is 5.82 Å². The van der Waals surface area contributed by atoms with Crippen molar-refractivity contribution < 1.29 is 4.39 Å². The van der Waals surface area contributed by atoms with E-state index in [2.05, 4.69) is 15.3 Å². The van der Waals surface area contributed by atoms with Crippen LogP contribution in [0.2, 0.25) is 0 Å². The van der Waals surface area contributed by atoms with Crippen LogP contribution in [-0.4, -0.2) is 17.0 Å². The van der Waals surface area contributed by atoms with Crippen LogP contribution in [0.25, 0.3) is 0 Å². The van der Waals surface area contributed by atoms with Crippen LogP contribution in [0.4, 0.5) is 10.3 Å². The molecular weight excluding hydrogens is 237 g/mol. The smallest absolute Gasteiger partial charge is 0.223 e. The predicted octanol–water partition coefficient (Wildman–Crippen LogP) is 3.12. The average Bonchev–Trinajstić information content (AvgIpc) is 2.35. The second-order valence-corrected chi connectivity index (χ2v) is 4.55. The molecule has 5 heteroatoms. The third kappa shape index (κ3) is 2.94. The van der Waals surface area contributed by atoms with Crippen molar-refractivity contribution in [2.24, 2.45) is 0 Å². The minimum absolute atomic E-state index is 0.232. The van der Waals surface area contributed by atoms with Crippen molar-refractivity contribution in [3.05, 3.63) is 41.8 Å². The molecule has 0 saturated heterocycles. The number of benzene rings is 1. The molecule has 0 aliphatic rings. The maximum atomic E-state index is 12.8. The molecule has 0 radical (unpaired) electrons. The van der Waals surface area contributed by atoms with Crippen LogP contribution in [0.5, 0.6) is 0 Å². The summed E-state index contributed by atoms with van der Waals surface area (Å²) in [5.74, 6) is 0.352. The van der Waals surface area contributed by atoms with E-state index in [0.29, 0.717) is 5.95 Å². The largest absolute Gasteiger partial charge is 0.357 e. The number of halogens is 1. The number of nitrogens with zero attached hydrogens (tertiary/aromatic N) is 2. The number of hydrogen-bond acceptors (Lipinski definition) is 4. The molecule has 17 heavy (non-hydrogen) atoms. The summed E-state index contributed by atoms with van der Waals surface area (Å²) in [6.07, 6.45) is 1.77. The molecule has 0 atom stereocenters. The topological polar surface area (TPSA) is 37.8 Å². The molecule has 0 unspecified atom stereocenters. The first-order valence-corrected chi connectivity index (χ1v) is 5.95. The standard InChI is InChI=1S/C12H12FN3S/c1-8-7-15-12(14-2)16-11(8)17-10-5-3-9(13)4-6-10/h3-7H,1-2H3,(H,14,15,16). The summed E-state index contributed by atoms with van der Waals surface area (Å²) in [4.78, 5) is 9.43. The van der Waals surface area contributed by atoms with Crippen molar-refractivity contribution in [2.45, 2.75) is 16.8 Å². The average molecular weight is 249 g/mol. The van der Waals surface area contributed by atoms with Gasteiger partial charge in [-0.25, -0.2) is 14.4 Å². The highest BCUT2D eigenvalue weighted by molar-refractivity contribution is 7.99. The van der Waals surface area contributed by atoms with E-state index in [1.807, 2.05) is 6.92 Å². The minimum atomic E-state index is -0.232. The Morgan fingerprint density at radius 3 is 2.59 bits per heavy atom. The number of aryl methyl sites for hydroxylation is 1. The zero-order valence-corrected chi connectivity index (χ0v) is 10.4. The van der Waals surface area contributed by atoms with Gasteiger partial charge >= 0.3 is 0 Å². The molecule has 2 rings (SSSR count). The van der Waals surface area contributed by atoms with E-state index in [1.165, 1.54) is 23.9 Å². The lowest BCUT2D eigenvalue weighted by Gasteiger charge is -2.06. The fourth-order valence-electron chi connectivity index (χ4n) is 1.26. The number of anilines is 1. The van der Waals surface area contributed by atoms with Crippen LogP contribution in [-0.2, 0) is 0 Å². The van der Waals surface area contributed by atoms with Gasteiger partial charge < -0.3 is 5.32 Å². The van der Waals surface area contributed by atoms with Gasteiger partial charge in [0.25, 0.3) is 0 Å². The molecule has 2 aromatic rings. The summed E-state index contributed by atoms with van der Waals surface area (Å²) in [6.45, 7) is 1.95. The molecule has 88 valence electrons. The fourth-order valence-corrected chi connectivity index (χ4v) is 2.11. The van der Waals surface area contributed by atoms with Crippen molar-refractivity contribution in [3.63, 3.8) is 0 Å². The highest BCUT2D eigenvalue weighted by Crippen LogP contribution is 2.28. The molecule has 0 bridgehead atoms. The lowest BCUT2D eigenvalue weighted by atomic mass is 10.3. The Balaban J connectivity index is 2.25. The highest BCUT2D eigenvalue weighted by atomic mass is 32.2. The predicted molar refractivity (Wildman–Crippen MR) is 66.8 cm³/mol. The zero-order valence-electron chi connectivity index (χ0n) is 9.57. The van der Waals surface area contributed by atoms with Gasteiger partial charge in [0.05, 0.1) is 0 Å². The van der Waals surface area contributed by atoms with Gasteiger partial charge in [0.2, 0.25) is 5.95 Å². The monoisotopic (exact) mass is 249 g/mol. The Morgan fingerprint density at radius 2 is 1.94 bits per heavy atom. The van der Waals surface area contributed by atoms with Crippen LogP contribution >= 0.6 is 11.8 Å². The second-order valence-electron chi connectivity index (χ2n) is 3.49. The van der Waals surface area contributed by atoms with Crippen molar-refractivity contribution in [3.8, 4) is 0 Å². The first-order valence-electron chi connectivity index (χ1n) is 5.14. The molecule has 0 fully saturated rings. The van der Waals surface area contributed by atoms with Gasteiger partial charge in [0, 0.05) is 23.7 Å². The number of hydrogen-bond donors (Lipinski definition) is 1. The quantitative estimate of drug-likeness (QED) is 0.848. The lowest BCUT2D eigenvalue weighted by Crippen LogP contribution is -1.98. The first-order chi connectivity index (χ1) is 8.19. The SMILES string of the molecule is CNc1ncc(C)c(Sc2ccc(F)cc2)n1. The van der Waals surface area contributed by atoms with Crippen LogP contribution in [0.1, 0.15) is 5.56 Å². The molecule has 3 nitrogen and oxygen atoms in total. The minimum Gasteiger partial charge on any atom is -0.357 e. The van der Waals surface area contributed by atoms with Crippen molar-refractivity contribution in [1.82, 2.24) is 9.97 Å². The first kappa shape index (κ1) is 11.9. The Labute approximate surface area is 103 Å². The normalized spacial score (nSPS) is 10.3. The molecule has 1 N–H and O–H groups in total. The third-order valence-corrected chi connectivity index (χ3v) is 3.29. The van der Waals surface area contributed by atoms with E-state index < -0.39 is 0 Å². The number of rotatable bonds is 3. The van der Waals surface area contributed by atoms with E-state index >= 15 is 0 Å². The summed E-state index contributed by atoms with van der Waals surface area (Å²) in [6, 6.07) is 6.36. The van der Waals surface area contributed by atoms with Crippen LogP contribution in [0.15, 0.2) is 40.4 Å². The van der Waals surface area contributed by atoms with Gasteiger partial charge in [-0.3, -0.25) is 0 Å². The fraction of sp³-hybridized carbons (Fsp3) is 0.167. The van der Waals surface area contributed by atoms with Gasteiger partial charge in [0.15, 0.2) is 0 Å². The number of aromatic nitrogens is 2. The zero-order chi connectivity index (χ0) is 12.3. The van der Waals surface area contributed by atoms with Crippen molar-refractivity contribution >= 4 is 17.7 Å². The summed E-state index contributed by atoms with van der Waals surface area (Å²) >= 11 is 1.49.